The van der Waals surface area contributed by atoms with E-state index in [9.17, 15) is 53.4 Å². The predicted molar refractivity (Wildman–Crippen MR) is 214 cm³/mol. The van der Waals surface area contributed by atoms with Crippen molar-refractivity contribution >= 4 is 58.0 Å². The summed E-state index contributed by atoms with van der Waals surface area (Å²) >= 11 is 0. The van der Waals surface area contributed by atoms with E-state index in [2.05, 4.69) is 10.6 Å². The fourth-order valence-electron chi connectivity index (χ4n) is 7.76. The Hall–Kier alpha value is -5.21. The molecule has 0 saturated carbocycles. The van der Waals surface area contributed by atoms with Crippen molar-refractivity contribution in [3.63, 3.8) is 0 Å². The number of aryl methyl sites for hydroxylation is 1. The summed E-state index contributed by atoms with van der Waals surface area (Å²) in [6, 6.07) is 2.12. The number of fused-ring (bicyclic) bond motifs is 1. The maximum Gasteiger partial charge on any atom is 0.336 e. The SMILES string of the molecule is CC(=O)C[C@H](C(=O)N[C@@H](CC(=O)O)C(=O)C[C@H](C(=O)N1CC[C@H](CC(C)(C)C)[C@H]1C(=O)N[C@@H](CC(=O)O)C(=O)Cc1ccc2c(C)cc(=O)oc2c1)C(C)C)C(C)C. The summed E-state index contributed by atoms with van der Waals surface area (Å²) in [5, 5.41) is 25.2. The molecule has 0 aliphatic carbocycles. The van der Waals surface area contributed by atoms with Crippen molar-refractivity contribution in [1.29, 1.82) is 0 Å². The number of nitrogens with one attached hydrogen (secondary N) is 2. The van der Waals surface area contributed by atoms with Gasteiger partial charge in [-0.15, -0.1) is 0 Å². The summed E-state index contributed by atoms with van der Waals surface area (Å²) in [4.78, 5) is 119. The van der Waals surface area contributed by atoms with E-state index in [0.717, 1.165) is 0 Å². The molecule has 4 N–H and O–H groups in total. The zero-order valence-electron chi connectivity index (χ0n) is 35.0. The van der Waals surface area contributed by atoms with E-state index in [1.807, 2.05) is 20.8 Å². The van der Waals surface area contributed by atoms with Gasteiger partial charge in [0, 0.05) is 49.1 Å². The molecule has 2 heterocycles. The minimum Gasteiger partial charge on any atom is -0.481 e. The van der Waals surface area contributed by atoms with E-state index >= 15 is 0 Å². The molecule has 1 fully saturated rings. The van der Waals surface area contributed by atoms with E-state index in [4.69, 9.17) is 4.42 Å². The summed E-state index contributed by atoms with van der Waals surface area (Å²) in [6.45, 7) is 16.0. The van der Waals surface area contributed by atoms with Gasteiger partial charge in [-0.05, 0) is 67.1 Å². The van der Waals surface area contributed by atoms with Gasteiger partial charge < -0.3 is 35.0 Å². The molecule has 318 valence electrons. The Morgan fingerprint density at radius 3 is 1.95 bits per heavy atom. The Kier molecular flexibility index (Phi) is 16.2. The average Bonchev–Trinajstić information content (AvgIpc) is 3.49. The van der Waals surface area contributed by atoms with Gasteiger partial charge in [0.25, 0.3) is 0 Å². The third kappa shape index (κ3) is 13.2. The highest BCUT2D eigenvalue weighted by Crippen LogP contribution is 2.37. The zero-order valence-corrected chi connectivity index (χ0v) is 35.0. The Bertz CT molecular complexity index is 1960. The minimum atomic E-state index is -1.48. The van der Waals surface area contributed by atoms with Crippen molar-refractivity contribution in [2.45, 2.75) is 125 Å². The number of Topliss-reactive ketones (excluding diaryl/α,β-unsaturated/α-hetero) is 3. The van der Waals surface area contributed by atoms with Gasteiger partial charge in [-0.25, -0.2) is 4.79 Å². The fraction of sp³-hybridized carbons (Fsp3) is 0.605. The number of likely N-dealkylation sites (tertiary alicyclic amines) is 1. The van der Waals surface area contributed by atoms with Crippen LogP contribution in [0.2, 0.25) is 0 Å². The minimum absolute atomic E-state index is 0.0969. The van der Waals surface area contributed by atoms with Crippen LogP contribution in [0.25, 0.3) is 11.0 Å². The Balaban J connectivity index is 1.92. The smallest absolute Gasteiger partial charge is 0.336 e. The van der Waals surface area contributed by atoms with Crippen molar-refractivity contribution in [3.05, 3.63) is 45.8 Å². The zero-order chi connectivity index (χ0) is 43.8. The lowest BCUT2D eigenvalue weighted by atomic mass is 9.80. The van der Waals surface area contributed by atoms with Crippen molar-refractivity contribution < 1.29 is 53.0 Å². The number of benzene rings is 1. The molecule has 15 heteroatoms. The number of carbonyl (C=O) groups is 8. The van der Waals surface area contributed by atoms with Crippen molar-refractivity contribution in [3.8, 4) is 0 Å². The number of amides is 3. The van der Waals surface area contributed by atoms with Crippen molar-refractivity contribution in [2.75, 3.05) is 6.54 Å². The number of hydrogen-bond acceptors (Lipinski definition) is 10. The third-order valence-corrected chi connectivity index (χ3v) is 10.7. The lowest BCUT2D eigenvalue weighted by molar-refractivity contribution is -0.147. The van der Waals surface area contributed by atoms with Crippen LogP contribution in [0, 0.1) is 41.9 Å². The standard InChI is InChI=1S/C43H59N3O12/c1-22(2)29(15-25(6)47)40(55)44-32(20-37(52)53)34(49)18-30(23(3)4)42(57)46-13-12-27(21-43(7,8)9)39(46)41(56)45-31(19-36(50)51)33(48)16-26-10-11-28-24(5)14-38(54)58-35(28)17-26/h10-11,14,17,22-23,27,29-32,39H,12-13,15-16,18-21H2,1-9H3,(H,44,55)(H,45,56)(H,50,51)(H,52,53)/t27-,29+,30+,31+,32+,39+/m1/s1. The Labute approximate surface area is 338 Å². The molecule has 58 heavy (non-hydrogen) atoms. The second-order valence-corrected chi connectivity index (χ2v) is 17.6. The number of ketones is 3. The van der Waals surface area contributed by atoms with E-state index in [1.165, 1.54) is 24.0 Å². The quantitative estimate of drug-likeness (QED) is 0.137. The van der Waals surface area contributed by atoms with Gasteiger partial charge in [-0.3, -0.25) is 33.6 Å². The van der Waals surface area contributed by atoms with Gasteiger partial charge in [0.2, 0.25) is 17.7 Å². The number of carbonyl (C=O) groups excluding carboxylic acids is 6. The second kappa shape index (κ2) is 20.0. The molecular weight excluding hydrogens is 750 g/mol. The van der Waals surface area contributed by atoms with Gasteiger partial charge in [-0.1, -0.05) is 60.6 Å². The Morgan fingerprint density at radius 2 is 1.41 bits per heavy atom. The molecule has 1 aromatic heterocycles. The summed E-state index contributed by atoms with van der Waals surface area (Å²) in [5.41, 5.74) is 0.495. The molecule has 0 bridgehead atoms. The maximum absolute atomic E-state index is 14.5. The maximum atomic E-state index is 14.5. The highest BCUT2D eigenvalue weighted by Gasteiger charge is 2.46. The predicted octanol–water partition coefficient (Wildman–Crippen LogP) is 4.27. The molecule has 1 aliphatic heterocycles. The largest absolute Gasteiger partial charge is 0.481 e. The summed E-state index contributed by atoms with van der Waals surface area (Å²) < 4.78 is 5.30. The number of nitrogens with zero attached hydrogens (tertiary/aromatic N) is 1. The molecule has 15 nitrogen and oxygen atoms in total. The first-order valence-electron chi connectivity index (χ1n) is 19.8. The van der Waals surface area contributed by atoms with E-state index < -0.39 is 108 Å². The number of carboxylic acids is 2. The van der Waals surface area contributed by atoms with Crippen LogP contribution in [-0.4, -0.2) is 86.8 Å². The highest BCUT2D eigenvalue weighted by molar-refractivity contribution is 5.98. The lowest BCUT2D eigenvalue weighted by Gasteiger charge is -2.34. The molecule has 3 amide bonds. The molecule has 2 aromatic rings. The van der Waals surface area contributed by atoms with Crippen LogP contribution in [0.1, 0.15) is 105 Å². The fourth-order valence-corrected chi connectivity index (χ4v) is 7.76. The number of hydrogen-bond donors (Lipinski definition) is 4. The monoisotopic (exact) mass is 809 g/mol. The van der Waals surface area contributed by atoms with E-state index in [-0.39, 0.29) is 42.1 Å². The first-order chi connectivity index (χ1) is 26.9. The number of aliphatic carboxylic acids is 2. The molecule has 0 radical (unpaired) electrons. The third-order valence-electron chi connectivity index (χ3n) is 10.7. The van der Waals surface area contributed by atoms with Gasteiger partial charge in [-0.2, -0.15) is 0 Å². The van der Waals surface area contributed by atoms with Gasteiger partial charge >= 0.3 is 17.6 Å². The van der Waals surface area contributed by atoms with E-state index in [0.29, 0.717) is 29.4 Å². The van der Waals surface area contributed by atoms with Crippen LogP contribution in [0.15, 0.2) is 33.5 Å². The molecule has 3 rings (SSSR count). The normalized spacial score (nSPS) is 17.7. The van der Waals surface area contributed by atoms with E-state index in [1.54, 1.807) is 46.8 Å². The first kappa shape index (κ1) is 47.2. The van der Waals surface area contributed by atoms with Crippen molar-refractivity contribution in [1.82, 2.24) is 15.5 Å². The molecule has 6 atom stereocenters. The van der Waals surface area contributed by atoms with Crippen molar-refractivity contribution in [2.24, 2.45) is 35.0 Å². The van der Waals surface area contributed by atoms with Crippen LogP contribution >= 0.6 is 0 Å². The average molecular weight is 810 g/mol. The van der Waals surface area contributed by atoms with Gasteiger partial charge in [0.1, 0.15) is 17.4 Å². The van der Waals surface area contributed by atoms with Crippen LogP contribution in [-0.2, 0) is 44.8 Å². The lowest BCUT2D eigenvalue weighted by Crippen LogP contribution is -2.55. The first-order valence-corrected chi connectivity index (χ1v) is 19.8. The topological polar surface area (TPSA) is 235 Å². The molecule has 1 aliphatic rings. The van der Waals surface area contributed by atoms with Crippen LogP contribution < -0.4 is 16.3 Å². The molecular formula is C43H59N3O12. The van der Waals surface area contributed by atoms with Gasteiger partial charge in [0.15, 0.2) is 11.6 Å². The number of rotatable bonds is 20. The molecule has 0 spiro atoms. The second-order valence-electron chi connectivity index (χ2n) is 17.6. The van der Waals surface area contributed by atoms with Crippen LogP contribution in [0.4, 0.5) is 0 Å². The Morgan fingerprint density at radius 1 is 0.828 bits per heavy atom. The summed E-state index contributed by atoms with van der Waals surface area (Å²) in [5.74, 6) is -9.17. The number of carboxylic acid groups (broad SMARTS) is 2. The molecule has 0 unspecified atom stereocenters. The van der Waals surface area contributed by atoms with Crippen LogP contribution in [0.3, 0.4) is 0 Å². The van der Waals surface area contributed by atoms with Crippen LogP contribution in [0.5, 0.6) is 0 Å². The molecule has 1 saturated heterocycles. The summed E-state index contributed by atoms with van der Waals surface area (Å²) in [6.07, 6.45) is -1.42. The van der Waals surface area contributed by atoms with Gasteiger partial charge in [0.05, 0.1) is 24.9 Å². The highest BCUT2D eigenvalue weighted by atomic mass is 16.4. The molecule has 1 aromatic carbocycles. The summed E-state index contributed by atoms with van der Waals surface area (Å²) in [7, 11) is 0.